The molecule has 0 radical (unpaired) electrons. The van der Waals surface area contributed by atoms with Gasteiger partial charge in [-0.15, -0.1) is 0 Å². The fraction of sp³-hybridized carbons (Fsp3) is 0.0625. The smallest absolute Gasteiger partial charge is 0.146 e. The number of benzene rings is 2. The molecule has 0 atom stereocenters. The van der Waals surface area contributed by atoms with E-state index in [0.717, 1.165) is 16.5 Å². The molecule has 0 amide bonds. The fourth-order valence-corrected chi connectivity index (χ4v) is 2.17. The van der Waals surface area contributed by atoms with E-state index in [2.05, 4.69) is 10.3 Å². The SMILES string of the molecule is Cc1ccc(F)c(Nc2c(N)cnc3ccccc23)c1. The minimum Gasteiger partial charge on any atom is -0.396 e. The molecule has 20 heavy (non-hydrogen) atoms. The lowest BCUT2D eigenvalue weighted by Crippen LogP contribution is -2.00. The number of nitrogens with zero attached hydrogens (tertiary/aromatic N) is 1. The molecule has 3 nitrogen and oxygen atoms in total. The van der Waals surface area contributed by atoms with Crippen molar-refractivity contribution in [1.82, 2.24) is 4.98 Å². The van der Waals surface area contributed by atoms with Crippen LogP contribution in [-0.4, -0.2) is 4.98 Å². The summed E-state index contributed by atoms with van der Waals surface area (Å²) in [5.41, 5.74) is 9.35. The van der Waals surface area contributed by atoms with E-state index in [4.69, 9.17) is 5.73 Å². The van der Waals surface area contributed by atoms with Crippen molar-refractivity contribution in [3.8, 4) is 0 Å². The molecule has 0 fully saturated rings. The second kappa shape index (κ2) is 4.81. The number of hydrogen-bond acceptors (Lipinski definition) is 3. The van der Waals surface area contributed by atoms with Crippen molar-refractivity contribution in [3.63, 3.8) is 0 Å². The molecule has 0 bridgehead atoms. The maximum Gasteiger partial charge on any atom is 0.146 e. The number of anilines is 3. The lowest BCUT2D eigenvalue weighted by atomic mass is 10.1. The van der Waals surface area contributed by atoms with E-state index in [1.807, 2.05) is 31.2 Å². The average molecular weight is 267 g/mol. The summed E-state index contributed by atoms with van der Waals surface area (Å²) in [6, 6.07) is 12.5. The highest BCUT2D eigenvalue weighted by Gasteiger charge is 2.09. The van der Waals surface area contributed by atoms with Gasteiger partial charge in [-0.1, -0.05) is 24.3 Å². The molecule has 0 unspecified atom stereocenters. The Bertz CT molecular complexity index is 784. The van der Waals surface area contributed by atoms with E-state index in [9.17, 15) is 4.39 Å². The first-order valence-electron chi connectivity index (χ1n) is 6.31. The van der Waals surface area contributed by atoms with Crippen LogP contribution in [0.25, 0.3) is 10.9 Å². The molecule has 2 aromatic carbocycles. The van der Waals surface area contributed by atoms with Crippen molar-refractivity contribution < 1.29 is 4.39 Å². The van der Waals surface area contributed by atoms with Gasteiger partial charge in [-0.2, -0.15) is 0 Å². The normalized spacial score (nSPS) is 10.7. The van der Waals surface area contributed by atoms with E-state index in [0.29, 0.717) is 17.1 Å². The maximum atomic E-state index is 13.9. The van der Waals surface area contributed by atoms with Gasteiger partial charge in [0.25, 0.3) is 0 Å². The van der Waals surface area contributed by atoms with E-state index in [1.165, 1.54) is 6.07 Å². The summed E-state index contributed by atoms with van der Waals surface area (Å²) >= 11 is 0. The second-order valence-electron chi connectivity index (χ2n) is 4.71. The highest BCUT2D eigenvalue weighted by atomic mass is 19.1. The number of para-hydroxylation sites is 1. The quantitative estimate of drug-likeness (QED) is 0.737. The predicted octanol–water partition coefficient (Wildman–Crippen LogP) is 4.01. The van der Waals surface area contributed by atoms with Gasteiger partial charge in [0, 0.05) is 5.39 Å². The lowest BCUT2D eigenvalue weighted by molar-refractivity contribution is 0.631. The maximum absolute atomic E-state index is 13.9. The van der Waals surface area contributed by atoms with Crippen LogP contribution in [0.2, 0.25) is 0 Å². The number of aryl methyl sites for hydroxylation is 1. The van der Waals surface area contributed by atoms with Crippen molar-refractivity contribution in [2.45, 2.75) is 6.92 Å². The predicted molar refractivity (Wildman–Crippen MR) is 80.6 cm³/mol. The molecule has 1 aromatic heterocycles. The van der Waals surface area contributed by atoms with E-state index >= 15 is 0 Å². The summed E-state index contributed by atoms with van der Waals surface area (Å²) in [4.78, 5) is 4.26. The van der Waals surface area contributed by atoms with Gasteiger partial charge in [-0.25, -0.2) is 4.39 Å². The highest BCUT2D eigenvalue weighted by Crippen LogP contribution is 2.31. The second-order valence-corrected chi connectivity index (χ2v) is 4.71. The summed E-state index contributed by atoms with van der Waals surface area (Å²) in [5, 5.41) is 3.95. The number of hydrogen-bond donors (Lipinski definition) is 2. The van der Waals surface area contributed by atoms with Gasteiger partial charge in [0.1, 0.15) is 5.82 Å². The van der Waals surface area contributed by atoms with Crippen LogP contribution in [0.4, 0.5) is 21.5 Å². The molecule has 3 N–H and O–H groups in total. The minimum absolute atomic E-state index is 0.309. The molecule has 4 heteroatoms. The first-order valence-corrected chi connectivity index (χ1v) is 6.31. The van der Waals surface area contributed by atoms with Crippen LogP contribution in [0.15, 0.2) is 48.7 Å². The Morgan fingerprint density at radius 2 is 1.95 bits per heavy atom. The Hall–Kier alpha value is -2.62. The van der Waals surface area contributed by atoms with Crippen LogP contribution >= 0.6 is 0 Å². The zero-order valence-electron chi connectivity index (χ0n) is 11.0. The summed E-state index contributed by atoms with van der Waals surface area (Å²) in [5.74, 6) is -0.309. The van der Waals surface area contributed by atoms with Gasteiger partial charge in [0.15, 0.2) is 0 Å². The van der Waals surface area contributed by atoms with Crippen LogP contribution < -0.4 is 11.1 Å². The van der Waals surface area contributed by atoms with Crippen molar-refractivity contribution in [1.29, 1.82) is 0 Å². The van der Waals surface area contributed by atoms with E-state index in [1.54, 1.807) is 18.3 Å². The first kappa shape index (κ1) is 12.4. The Kier molecular flexibility index (Phi) is 2.99. The molecule has 1 heterocycles. The molecule has 0 saturated heterocycles. The fourth-order valence-electron chi connectivity index (χ4n) is 2.17. The molecular weight excluding hydrogens is 253 g/mol. The zero-order chi connectivity index (χ0) is 14.1. The van der Waals surface area contributed by atoms with Crippen LogP contribution in [0.3, 0.4) is 0 Å². The summed E-state index contributed by atoms with van der Waals surface area (Å²) < 4.78 is 13.9. The van der Waals surface area contributed by atoms with E-state index in [-0.39, 0.29) is 5.82 Å². The van der Waals surface area contributed by atoms with Crippen molar-refractivity contribution in [2.75, 3.05) is 11.1 Å². The third kappa shape index (κ3) is 2.16. The Labute approximate surface area is 116 Å². The number of fused-ring (bicyclic) bond motifs is 1. The summed E-state index contributed by atoms with van der Waals surface area (Å²) in [7, 11) is 0. The van der Waals surface area contributed by atoms with Gasteiger partial charge in [-0.05, 0) is 30.7 Å². The zero-order valence-corrected chi connectivity index (χ0v) is 11.0. The third-order valence-electron chi connectivity index (χ3n) is 3.19. The van der Waals surface area contributed by atoms with Gasteiger partial charge in [-0.3, -0.25) is 4.98 Å². The van der Waals surface area contributed by atoms with Crippen LogP contribution in [0.5, 0.6) is 0 Å². The number of nitrogens with one attached hydrogen (secondary N) is 1. The van der Waals surface area contributed by atoms with Crippen molar-refractivity contribution in [3.05, 3.63) is 60.0 Å². The van der Waals surface area contributed by atoms with E-state index < -0.39 is 0 Å². The molecule has 0 spiro atoms. The molecule has 0 aliphatic heterocycles. The highest BCUT2D eigenvalue weighted by molar-refractivity contribution is 5.98. The standard InChI is InChI=1S/C16H14FN3/c1-10-6-7-12(17)15(8-10)20-16-11-4-2-3-5-14(11)19-9-13(16)18/h2-9H,18H2,1H3,(H,19,20). The molecule has 0 aliphatic rings. The number of rotatable bonds is 2. The van der Waals surface area contributed by atoms with Crippen LogP contribution in [-0.2, 0) is 0 Å². The molecule has 0 saturated carbocycles. The topological polar surface area (TPSA) is 50.9 Å². The van der Waals surface area contributed by atoms with Crippen LogP contribution in [0, 0.1) is 12.7 Å². The van der Waals surface area contributed by atoms with Crippen molar-refractivity contribution >= 4 is 28.0 Å². The van der Waals surface area contributed by atoms with Crippen molar-refractivity contribution in [2.24, 2.45) is 0 Å². The molecular formula is C16H14FN3. The lowest BCUT2D eigenvalue weighted by Gasteiger charge is -2.13. The number of nitrogens with two attached hydrogens (primary N) is 1. The third-order valence-corrected chi connectivity index (χ3v) is 3.19. The monoisotopic (exact) mass is 267 g/mol. The Morgan fingerprint density at radius 1 is 1.15 bits per heavy atom. The van der Waals surface area contributed by atoms with Gasteiger partial charge >= 0.3 is 0 Å². The molecule has 3 rings (SSSR count). The number of nitrogen functional groups attached to an aromatic ring is 1. The summed E-state index contributed by atoms with van der Waals surface area (Å²) in [6.45, 7) is 1.92. The van der Waals surface area contributed by atoms with Crippen LogP contribution in [0.1, 0.15) is 5.56 Å². The largest absolute Gasteiger partial charge is 0.396 e. The van der Waals surface area contributed by atoms with Gasteiger partial charge < -0.3 is 11.1 Å². The average Bonchev–Trinajstić information content (AvgIpc) is 2.46. The molecule has 100 valence electrons. The summed E-state index contributed by atoms with van der Waals surface area (Å²) in [6.07, 6.45) is 1.58. The minimum atomic E-state index is -0.309. The molecule has 3 aromatic rings. The Morgan fingerprint density at radius 3 is 2.80 bits per heavy atom. The number of halogens is 1. The number of aromatic nitrogens is 1. The van der Waals surface area contributed by atoms with Gasteiger partial charge in [0.2, 0.25) is 0 Å². The van der Waals surface area contributed by atoms with Gasteiger partial charge in [0.05, 0.1) is 28.8 Å². The Balaban J connectivity index is 2.15. The first-order chi connectivity index (χ1) is 9.65. The number of pyridine rings is 1. The molecule has 0 aliphatic carbocycles.